The van der Waals surface area contributed by atoms with Crippen molar-refractivity contribution in [3.8, 4) is 0 Å². The van der Waals surface area contributed by atoms with Gasteiger partial charge in [-0.25, -0.2) is 9.97 Å². The van der Waals surface area contributed by atoms with E-state index in [0.717, 1.165) is 55.1 Å². The Morgan fingerprint density at radius 2 is 2.10 bits per heavy atom. The highest BCUT2D eigenvalue weighted by molar-refractivity contribution is 5.84. The maximum absolute atomic E-state index is 13.0. The number of hydrogen-bond donors (Lipinski definition) is 4. The molecule has 0 unspecified atom stereocenters. The van der Waals surface area contributed by atoms with Crippen LogP contribution in [0.25, 0.3) is 10.9 Å². The number of para-hydroxylation sites is 1. The normalized spacial score (nSPS) is 19.7. The summed E-state index contributed by atoms with van der Waals surface area (Å²) < 4.78 is 0. The van der Waals surface area contributed by atoms with Crippen LogP contribution in [0.5, 0.6) is 0 Å². The van der Waals surface area contributed by atoms with Crippen molar-refractivity contribution < 1.29 is 4.79 Å². The van der Waals surface area contributed by atoms with E-state index in [1.165, 1.54) is 10.9 Å². The summed E-state index contributed by atoms with van der Waals surface area (Å²) in [6.45, 7) is 0.897. The van der Waals surface area contributed by atoms with Crippen LogP contribution >= 0.6 is 0 Å². The fraction of sp³-hybridized carbons (Fsp3) is 0.435. The molecule has 0 spiro atoms. The SMILES string of the molecule is CNc1cc([C@H](Cc2c[nH]c3ccccc23)NC(=O)[C@@H]2CCCN2)nc(C2CC2)n1. The number of nitrogens with zero attached hydrogens (tertiary/aromatic N) is 2. The van der Waals surface area contributed by atoms with Gasteiger partial charge < -0.3 is 20.9 Å². The Kier molecular flexibility index (Phi) is 5.12. The molecule has 2 aromatic heterocycles. The second-order valence-electron chi connectivity index (χ2n) is 8.33. The van der Waals surface area contributed by atoms with Crippen LogP contribution in [-0.4, -0.2) is 40.5 Å². The van der Waals surface area contributed by atoms with Crippen molar-refractivity contribution in [3.05, 3.63) is 53.6 Å². The van der Waals surface area contributed by atoms with Gasteiger partial charge in [-0.05, 0) is 43.9 Å². The highest BCUT2D eigenvalue weighted by atomic mass is 16.2. The van der Waals surface area contributed by atoms with Gasteiger partial charge in [0.05, 0.1) is 17.8 Å². The maximum Gasteiger partial charge on any atom is 0.237 e. The smallest absolute Gasteiger partial charge is 0.237 e. The van der Waals surface area contributed by atoms with Gasteiger partial charge in [0.15, 0.2) is 0 Å². The Hall–Kier alpha value is -2.93. The molecule has 7 heteroatoms. The fourth-order valence-electron chi connectivity index (χ4n) is 4.25. The number of benzene rings is 1. The first-order valence-electron chi connectivity index (χ1n) is 10.9. The van der Waals surface area contributed by atoms with E-state index in [9.17, 15) is 4.79 Å². The monoisotopic (exact) mass is 404 g/mol. The van der Waals surface area contributed by atoms with E-state index in [0.29, 0.717) is 12.3 Å². The molecule has 1 aliphatic heterocycles. The van der Waals surface area contributed by atoms with E-state index in [-0.39, 0.29) is 18.0 Å². The predicted octanol–water partition coefficient (Wildman–Crippen LogP) is 3.03. The lowest BCUT2D eigenvalue weighted by atomic mass is 10.0. The Balaban J connectivity index is 1.49. The minimum atomic E-state index is -0.216. The van der Waals surface area contributed by atoms with Crippen molar-refractivity contribution in [2.75, 3.05) is 18.9 Å². The molecule has 0 bridgehead atoms. The lowest BCUT2D eigenvalue weighted by molar-refractivity contribution is -0.123. The predicted molar refractivity (Wildman–Crippen MR) is 117 cm³/mol. The molecule has 3 heterocycles. The first-order chi connectivity index (χ1) is 14.7. The van der Waals surface area contributed by atoms with E-state index < -0.39 is 0 Å². The maximum atomic E-state index is 13.0. The number of aromatic nitrogens is 3. The Morgan fingerprint density at radius 3 is 2.87 bits per heavy atom. The zero-order valence-electron chi connectivity index (χ0n) is 17.2. The molecule has 0 radical (unpaired) electrons. The van der Waals surface area contributed by atoms with Crippen LogP contribution in [0.4, 0.5) is 5.82 Å². The number of fused-ring (bicyclic) bond motifs is 1. The molecule has 2 aliphatic rings. The second-order valence-corrected chi connectivity index (χ2v) is 8.33. The number of amides is 1. The first kappa shape index (κ1) is 19.1. The van der Waals surface area contributed by atoms with E-state index in [2.05, 4.69) is 38.1 Å². The van der Waals surface area contributed by atoms with E-state index in [1.54, 1.807) is 0 Å². The molecule has 3 aromatic rings. The third-order valence-corrected chi connectivity index (χ3v) is 6.11. The van der Waals surface area contributed by atoms with Crippen molar-refractivity contribution in [1.82, 2.24) is 25.6 Å². The van der Waals surface area contributed by atoms with E-state index in [4.69, 9.17) is 4.98 Å². The van der Waals surface area contributed by atoms with Gasteiger partial charge in [0.25, 0.3) is 0 Å². The Bertz CT molecular complexity index is 1050. The van der Waals surface area contributed by atoms with Gasteiger partial charge in [-0.1, -0.05) is 18.2 Å². The van der Waals surface area contributed by atoms with Crippen molar-refractivity contribution in [1.29, 1.82) is 0 Å². The van der Waals surface area contributed by atoms with E-state index >= 15 is 0 Å². The molecule has 30 heavy (non-hydrogen) atoms. The second kappa shape index (κ2) is 8.07. The number of H-pyrrole nitrogens is 1. The molecule has 1 saturated heterocycles. The molecule has 2 atom stereocenters. The third-order valence-electron chi connectivity index (χ3n) is 6.11. The fourth-order valence-corrected chi connectivity index (χ4v) is 4.25. The van der Waals surface area contributed by atoms with Crippen molar-refractivity contribution in [3.63, 3.8) is 0 Å². The molecule has 156 valence electrons. The van der Waals surface area contributed by atoms with Crippen LogP contribution in [0, 0.1) is 0 Å². The van der Waals surface area contributed by atoms with Crippen molar-refractivity contribution in [2.45, 2.75) is 50.1 Å². The number of carbonyl (C=O) groups is 1. The van der Waals surface area contributed by atoms with Gasteiger partial charge in [-0.15, -0.1) is 0 Å². The Morgan fingerprint density at radius 1 is 1.23 bits per heavy atom. The van der Waals surface area contributed by atoms with Crippen LogP contribution in [0.15, 0.2) is 36.5 Å². The van der Waals surface area contributed by atoms with Gasteiger partial charge in [-0.2, -0.15) is 0 Å². The summed E-state index contributed by atoms with van der Waals surface area (Å²) in [5.74, 6) is 2.18. The van der Waals surface area contributed by atoms with Crippen LogP contribution in [0.3, 0.4) is 0 Å². The number of aromatic amines is 1. The highest BCUT2D eigenvalue weighted by Crippen LogP contribution is 2.39. The minimum Gasteiger partial charge on any atom is -0.373 e. The zero-order chi connectivity index (χ0) is 20.5. The summed E-state index contributed by atoms with van der Waals surface area (Å²) in [6, 6.07) is 9.89. The van der Waals surface area contributed by atoms with Gasteiger partial charge in [0.1, 0.15) is 11.6 Å². The summed E-state index contributed by atoms with van der Waals surface area (Å²) in [5.41, 5.74) is 3.15. The van der Waals surface area contributed by atoms with E-state index in [1.807, 2.05) is 31.4 Å². The number of rotatable bonds is 7. The van der Waals surface area contributed by atoms with Gasteiger partial charge in [-0.3, -0.25) is 4.79 Å². The molecule has 1 aliphatic carbocycles. The topological polar surface area (TPSA) is 94.7 Å². The lowest BCUT2D eigenvalue weighted by Crippen LogP contribution is -2.42. The zero-order valence-corrected chi connectivity index (χ0v) is 17.2. The van der Waals surface area contributed by atoms with Crippen molar-refractivity contribution >= 4 is 22.6 Å². The molecule has 1 aromatic carbocycles. The standard InChI is InChI=1S/C23H28N6O/c1-24-21-12-20(27-22(29-21)14-8-9-14)19(28-23(30)18-7-4-10-25-18)11-15-13-26-17-6-3-2-5-16(15)17/h2-3,5-6,12-14,18-19,25-26H,4,7-11H2,1H3,(H,28,30)(H,24,27,29)/t18-,19-/m0/s1. The molecule has 1 saturated carbocycles. The molecular formula is C23H28N6O. The third kappa shape index (κ3) is 3.89. The van der Waals surface area contributed by atoms with Crippen LogP contribution in [0.1, 0.15) is 54.7 Å². The molecule has 5 rings (SSSR count). The molecular weight excluding hydrogens is 376 g/mol. The molecule has 4 N–H and O–H groups in total. The number of nitrogens with one attached hydrogen (secondary N) is 4. The largest absolute Gasteiger partial charge is 0.373 e. The number of carbonyl (C=O) groups excluding carboxylic acids is 1. The quantitative estimate of drug-likeness (QED) is 0.486. The summed E-state index contributed by atoms with van der Waals surface area (Å²) in [5, 5.41) is 10.9. The average Bonchev–Trinajstić information content (AvgIpc) is 3.33. The van der Waals surface area contributed by atoms with Crippen LogP contribution in [0.2, 0.25) is 0 Å². The minimum absolute atomic E-state index is 0.0509. The summed E-state index contributed by atoms with van der Waals surface area (Å²) in [4.78, 5) is 25.8. The van der Waals surface area contributed by atoms with Crippen LogP contribution < -0.4 is 16.0 Å². The lowest BCUT2D eigenvalue weighted by Gasteiger charge is -2.22. The summed E-state index contributed by atoms with van der Waals surface area (Å²) in [6.07, 6.45) is 6.90. The highest BCUT2D eigenvalue weighted by Gasteiger charge is 2.30. The van der Waals surface area contributed by atoms with Gasteiger partial charge in [0, 0.05) is 42.6 Å². The average molecular weight is 405 g/mol. The van der Waals surface area contributed by atoms with Crippen LogP contribution in [-0.2, 0) is 11.2 Å². The van der Waals surface area contributed by atoms with Gasteiger partial charge in [0.2, 0.25) is 5.91 Å². The van der Waals surface area contributed by atoms with Gasteiger partial charge >= 0.3 is 0 Å². The summed E-state index contributed by atoms with van der Waals surface area (Å²) in [7, 11) is 1.87. The number of hydrogen-bond acceptors (Lipinski definition) is 5. The number of anilines is 1. The Labute approximate surface area is 176 Å². The molecule has 7 nitrogen and oxygen atoms in total. The molecule has 1 amide bonds. The van der Waals surface area contributed by atoms with Crippen molar-refractivity contribution in [2.24, 2.45) is 0 Å². The molecule has 2 fully saturated rings. The summed E-state index contributed by atoms with van der Waals surface area (Å²) >= 11 is 0. The first-order valence-corrected chi connectivity index (χ1v) is 10.9.